The number of halogens is 2. The van der Waals surface area contributed by atoms with Gasteiger partial charge in [0.05, 0.1) is 0 Å². The molecule has 5 rings (SSSR count). The molecule has 0 spiro atoms. The van der Waals surface area contributed by atoms with Crippen molar-refractivity contribution in [1.29, 1.82) is 0 Å². The van der Waals surface area contributed by atoms with Gasteiger partial charge in [-0.3, -0.25) is 0 Å². The fourth-order valence-electron chi connectivity index (χ4n) is 7.43. The standard InChI is InChI=1S/C22H30Si.2ClH.Zr/c1-15-13-17-9-5-7-11-19(17)21(15)23(3,4)22-16(2)14-18-10-6-8-12-20(18)22;;;/h13-14H,5-12H2,1-4H3;2*1H;/q;;;+2/p-2. The molecule has 0 aromatic heterocycles. The Morgan fingerprint density at radius 2 is 1.12 bits per heavy atom. The SMILES string of the molecule is CC1=C2C3=C(CCCC3)[CH]1[Zr]([Cl])([Cl])[CH]1C(C)=C(C3=C1CCCC3)[Si]2(C)C. The molecule has 0 nitrogen and oxygen atoms in total. The van der Waals surface area contributed by atoms with Gasteiger partial charge in [0.15, 0.2) is 0 Å². The van der Waals surface area contributed by atoms with Crippen molar-refractivity contribution < 1.29 is 17.9 Å². The molecule has 26 heavy (non-hydrogen) atoms. The van der Waals surface area contributed by atoms with Gasteiger partial charge in [0.1, 0.15) is 0 Å². The predicted octanol–water partition coefficient (Wildman–Crippen LogP) is 8.23. The molecule has 0 radical (unpaired) electrons. The van der Waals surface area contributed by atoms with E-state index in [9.17, 15) is 0 Å². The number of rotatable bonds is 0. The Hall–Kier alpha value is 0.640. The van der Waals surface area contributed by atoms with E-state index in [1.165, 1.54) is 51.4 Å². The van der Waals surface area contributed by atoms with E-state index in [-0.39, 0.29) is 0 Å². The third kappa shape index (κ3) is 2.23. The summed E-state index contributed by atoms with van der Waals surface area (Å²) in [5.74, 6) is 0. The molecular weight excluding hydrogens is 454 g/mol. The van der Waals surface area contributed by atoms with Crippen molar-refractivity contribution in [3.05, 3.63) is 43.8 Å². The van der Waals surface area contributed by atoms with Crippen molar-refractivity contribution in [1.82, 2.24) is 0 Å². The van der Waals surface area contributed by atoms with E-state index in [4.69, 9.17) is 17.0 Å². The van der Waals surface area contributed by atoms with Gasteiger partial charge in [0, 0.05) is 0 Å². The normalized spacial score (nSPS) is 34.8. The first-order valence-corrected chi connectivity index (χ1v) is 22.7. The van der Waals surface area contributed by atoms with Crippen molar-refractivity contribution in [3.63, 3.8) is 0 Å². The zero-order valence-corrected chi connectivity index (χ0v) is 21.5. The van der Waals surface area contributed by atoms with Crippen molar-refractivity contribution in [2.45, 2.75) is 85.6 Å². The molecule has 0 saturated heterocycles. The van der Waals surface area contributed by atoms with Gasteiger partial charge in [-0.1, -0.05) is 0 Å². The van der Waals surface area contributed by atoms with Crippen LogP contribution in [0.25, 0.3) is 0 Å². The summed E-state index contributed by atoms with van der Waals surface area (Å²) < 4.78 is 0.917. The van der Waals surface area contributed by atoms with E-state index in [0.29, 0.717) is 7.25 Å². The molecule has 0 aromatic rings. The van der Waals surface area contributed by atoms with Gasteiger partial charge < -0.3 is 0 Å². The maximum atomic E-state index is 7.61. The van der Waals surface area contributed by atoms with Crippen LogP contribution in [0.2, 0.25) is 20.3 Å². The van der Waals surface area contributed by atoms with Crippen LogP contribution in [0.3, 0.4) is 0 Å². The van der Waals surface area contributed by atoms with E-state index in [1.807, 2.05) is 0 Å². The quantitative estimate of drug-likeness (QED) is 0.304. The molecule has 2 atom stereocenters. The summed E-state index contributed by atoms with van der Waals surface area (Å²) in [6.07, 6.45) is 10.5. The van der Waals surface area contributed by atoms with Gasteiger partial charge in [-0.25, -0.2) is 0 Å². The second kappa shape index (κ2) is 6.07. The monoisotopic (exact) mass is 482 g/mol. The first-order chi connectivity index (χ1) is 12.3. The Bertz CT molecular complexity index is 774. The molecule has 0 amide bonds. The van der Waals surface area contributed by atoms with E-state index < -0.39 is 26.0 Å². The molecule has 2 unspecified atom stereocenters. The average molecular weight is 485 g/mol. The molecule has 0 N–H and O–H groups in total. The van der Waals surface area contributed by atoms with Gasteiger partial charge in [-0.05, 0) is 0 Å². The fourth-order valence-corrected chi connectivity index (χ4v) is 27.9. The Morgan fingerprint density at radius 1 is 0.731 bits per heavy atom. The second-order valence-electron chi connectivity index (χ2n) is 9.70. The molecular formula is C22H30Cl2SiZr. The third-order valence-electron chi connectivity index (χ3n) is 8.00. The van der Waals surface area contributed by atoms with Crippen molar-refractivity contribution in [3.8, 4) is 0 Å². The maximum absolute atomic E-state index is 7.61. The van der Waals surface area contributed by atoms with Crippen LogP contribution in [-0.2, 0) is 17.9 Å². The Labute approximate surface area is 171 Å². The van der Waals surface area contributed by atoms with E-state index in [1.54, 1.807) is 43.8 Å². The summed E-state index contributed by atoms with van der Waals surface area (Å²) >= 11 is -3.44. The van der Waals surface area contributed by atoms with Crippen LogP contribution in [-0.4, -0.2) is 8.07 Å². The Balaban J connectivity index is 1.82. The molecule has 4 heteroatoms. The molecule has 1 aliphatic heterocycles. The number of allylic oxidation sites excluding steroid dienone is 8. The average Bonchev–Trinajstić information content (AvgIpc) is 3.06. The first-order valence-electron chi connectivity index (χ1n) is 10.5. The van der Waals surface area contributed by atoms with Gasteiger partial charge in [-0.2, -0.15) is 0 Å². The number of fused-ring (bicyclic) bond motifs is 6. The van der Waals surface area contributed by atoms with E-state index >= 15 is 0 Å². The summed E-state index contributed by atoms with van der Waals surface area (Å²) in [4.78, 5) is 0. The van der Waals surface area contributed by atoms with Crippen LogP contribution in [0.5, 0.6) is 0 Å². The van der Waals surface area contributed by atoms with Gasteiger partial charge >= 0.3 is 172 Å². The van der Waals surface area contributed by atoms with Crippen LogP contribution < -0.4 is 0 Å². The summed E-state index contributed by atoms with van der Waals surface area (Å²) in [6.45, 7) is 10.1. The molecule has 140 valence electrons. The van der Waals surface area contributed by atoms with Crippen molar-refractivity contribution in [2.24, 2.45) is 0 Å². The van der Waals surface area contributed by atoms with Gasteiger partial charge in [0.25, 0.3) is 0 Å². The van der Waals surface area contributed by atoms with Crippen molar-refractivity contribution >= 4 is 25.1 Å². The van der Waals surface area contributed by atoms with Crippen LogP contribution in [0.1, 0.15) is 65.2 Å². The minimum absolute atomic E-state index is 0.458. The summed E-state index contributed by atoms with van der Waals surface area (Å²) in [5, 5.41) is 3.57. The second-order valence-corrected chi connectivity index (χ2v) is 28.7. The number of hydrogen-bond acceptors (Lipinski definition) is 0. The summed E-state index contributed by atoms with van der Waals surface area (Å²) in [5.41, 5.74) is 10.2. The topological polar surface area (TPSA) is 0 Å². The Morgan fingerprint density at radius 3 is 1.54 bits per heavy atom. The molecule has 4 bridgehead atoms. The number of hydrogen-bond donors (Lipinski definition) is 0. The molecule has 0 fully saturated rings. The molecule has 0 saturated carbocycles. The van der Waals surface area contributed by atoms with Gasteiger partial charge in [0.2, 0.25) is 0 Å². The zero-order valence-electron chi connectivity index (χ0n) is 16.6. The molecule has 5 aliphatic rings. The zero-order chi connectivity index (χ0) is 18.4. The molecule has 0 aromatic carbocycles. The minimum atomic E-state index is -3.44. The van der Waals surface area contributed by atoms with Gasteiger partial charge in [-0.15, -0.1) is 0 Å². The predicted molar refractivity (Wildman–Crippen MR) is 113 cm³/mol. The fraction of sp³-hybridized carbons (Fsp3) is 0.636. The summed E-state index contributed by atoms with van der Waals surface area (Å²) in [6, 6.07) is 0. The van der Waals surface area contributed by atoms with Crippen LogP contribution in [0.4, 0.5) is 0 Å². The van der Waals surface area contributed by atoms with Crippen molar-refractivity contribution in [2.75, 3.05) is 0 Å². The van der Waals surface area contributed by atoms with E-state index in [2.05, 4.69) is 26.9 Å². The van der Waals surface area contributed by atoms with Crippen LogP contribution >= 0.6 is 17.0 Å². The van der Waals surface area contributed by atoms with E-state index in [0.717, 1.165) is 0 Å². The summed E-state index contributed by atoms with van der Waals surface area (Å²) in [7, 11) is 13.5. The molecule has 1 heterocycles. The Kier molecular flexibility index (Phi) is 4.36. The molecule has 4 aliphatic carbocycles. The first kappa shape index (κ1) is 18.7. The van der Waals surface area contributed by atoms with Crippen LogP contribution in [0, 0.1) is 0 Å². The van der Waals surface area contributed by atoms with Crippen LogP contribution in [0.15, 0.2) is 43.8 Å². The third-order valence-corrected chi connectivity index (χ3v) is 24.7.